The summed E-state index contributed by atoms with van der Waals surface area (Å²) in [6.45, 7) is 8.51. The Bertz CT molecular complexity index is 1380. The van der Waals surface area contributed by atoms with Crippen LogP contribution < -0.4 is 0 Å². The molecule has 0 spiro atoms. The Morgan fingerprint density at radius 3 is 1.81 bits per heavy atom. The van der Waals surface area contributed by atoms with Crippen molar-refractivity contribution in [1.82, 2.24) is 14.8 Å². The van der Waals surface area contributed by atoms with Gasteiger partial charge in [0, 0.05) is 27.1 Å². The van der Waals surface area contributed by atoms with Crippen molar-refractivity contribution in [2.24, 2.45) is 0 Å². The molecule has 0 radical (unpaired) electrons. The molecule has 0 atom stereocenters. The molecule has 158 valence electrons. The molecule has 2 heterocycles. The van der Waals surface area contributed by atoms with E-state index < -0.39 is 0 Å². The van der Waals surface area contributed by atoms with Crippen LogP contribution in [0.1, 0.15) is 21.6 Å². The Balaban J connectivity index is 1.72. The van der Waals surface area contributed by atoms with Crippen LogP contribution in [0.3, 0.4) is 0 Å². The molecule has 3 nitrogen and oxygen atoms in total. The van der Waals surface area contributed by atoms with Crippen LogP contribution in [-0.4, -0.2) is 14.8 Å². The fraction of sp³-hybridized carbons (Fsp3) is 0.143. The van der Waals surface area contributed by atoms with Crippen LogP contribution in [0.4, 0.5) is 0 Å². The second-order valence-corrected chi connectivity index (χ2v) is 9.41. The molecule has 0 aliphatic carbocycles. The predicted molar refractivity (Wildman–Crippen MR) is 134 cm³/mol. The number of aromatic nitrogens is 3. The largest absolute Gasteiger partial charge is 0.218 e. The molecule has 0 bridgehead atoms. The summed E-state index contributed by atoms with van der Waals surface area (Å²) in [5.74, 6) is 0. The van der Waals surface area contributed by atoms with Gasteiger partial charge in [-0.15, -0.1) is 0 Å². The van der Waals surface area contributed by atoms with Gasteiger partial charge in [0.15, 0.2) is 0 Å². The maximum atomic E-state index is 5.09. The number of benzene rings is 3. The highest BCUT2D eigenvalue weighted by atomic mass is 32.1. The van der Waals surface area contributed by atoms with Gasteiger partial charge in [-0.1, -0.05) is 101 Å². The van der Waals surface area contributed by atoms with Gasteiger partial charge in [0.05, 0.1) is 17.1 Å². The molecular weight excluding hydrogens is 410 g/mol. The molecule has 0 amide bonds. The van der Waals surface area contributed by atoms with Crippen molar-refractivity contribution in [3.05, 3.63) is 100 Å². The maximum Gasteiger partial charge on any atom is 0.211 e. The minimum absolute atomic E-state index is 0.887. The van der Waals surface area contributed by atoms with E-state index in [4.69, 9.17) is 10.1 Å². The van der Waals surface area contributed by atoms with Gasteiger partial charge in [-0.05, 0) is 27.7 Å². The Morgan fingerprint density at radius 2 is 1.19 bits per heavy atom. The summed E-state index contributed by atoms with van der Waals surface area (Å²) in [5.41, 5.74) is 10.2. The Morgan fingerprint density at radius 1 is 0.625 bits per heavy atom. The van der Waals surface area contributed by atoms with Gasteiger partial charge in [-0.3, -0.25) is 0 Å². The summed E-state index contributed by atoms with van der Waals surface area (Å²) in [4.78, 5) is 6.22. The normalized spacial score (nSPS) is 11.1. The molecule has 0 saturated carbocycles. The lowest BCUT2D eigenvalue weighted by atomic mass is 10.0. The second-order valence-electron chi connectivity index (χ2n) is 8.23. The lowest BCUT2D eigenvalue weighted by Gasteiger charge is -2.06. The molecule has 5 aromatic rings. The van der Waals surface area contributed by atoms with Gasteiger partial charge in [0.2, 0.25) is 5.13 Å². The summed E-state index contributed by atoms with van der Waals surface area (Å²) in [6, 6.07) is 27.6. The maximum absolute atomic E-state index is 5.09. The first-order valence-electron chi connectivity index (χ1n) is 10.8. The van der Waals surface area contributed by atoms with E-state index in [9.17, 15) is 0 Å². The highest BCUT2D eigenvalue weighted by Gasteiger charge is 2.21. The molecule has 0 fully saturated rings. The van der Waals surface area contributed by atoms with Gasteiger partial charge < -0.3 is 0 Å². The first kappa shape index (κ1) is 20.4. The van der Waals surface area contributed by atoms with Crippen LogP contribution in [0.2, 0.25) is 0 Å². The number of thiazole rings is 1. The fourth-order valence-corrected chi connectivity index (χ4v) is 4.90. The minimum atomic E-state index is 0.887. The van der Waals surface area contributed by atoms with Crippen molar-refractivity contribution in [3.8, 4) is 38.9 Å². The van der Waals surface area contributed by atoms with Crippen LogP contribution in [0.5, 0.6) is 0 Å². The molecule has 4 heteroatoms. The first-order valence-corrected chi connectivity index (χ1v) is 11.6. The smallest absolute Gasteiger partial charge is 0.211 e. The van der Waals surface area contributed by atoms with E-state index >= 15 is 0 Å². The highest BCUT2D eigenvalue weighted by molar-refractivity contribution is 7.14. The molecule has 5 rings (SSSR count). The van der Waals surface area contributed by atoms with Crippen LogP contribution in [0, 0.1) is 27.7 Å². The van der Waals surface area contributed by atoms with Crippen LogP contribution >= 0.6 is 11.3 Å². The molecule has 0 aliphatic rings. The molecule has 0 aliphatic heterocycles. The average molecular weight is 436 g/mol. The lowest BCUT2D eigenvalue weighted by molar-refractivity contribution is 0.881. The van der Waals surface area contributed by atoms with Crippen molar-refractivity contribution in [3.63, 3.8) is 0 Å². The SMILES string of the molecule is Cc1ccc(-c2nn(-c3nc(-c4ccccc4)c(C)s3)c(-c3ccc(C)cc3)c2C)cc1. The molecule has 0 saturated heterocycles. The summed E-state index contributed by atoms with van der Waals surface area (Å²) in [7, 11) is 0. The van der Waals surface area contributed by atoms with Crippen LogP contribution in [0.15, 0.2) is 78.9 Å². The van der Waals surface area contributed by atoms with Gasteiger partial charge >= 0.3 is 0 Å². The molecule has 0 N–H and O–H groups in total. The number of hydrogen-bond acceptors (Lipinski definition) is 3. The standard InChI is InChI=1S/C28H25N3S/c1-18-10-14-23(15-11-18)25-20(3)27(24-16-12-19(2)13-17-24)31(30-25)28-29-26(21(4)32-28)22-8-6-5-7-9-22/h5-17H,1-4H3. The van der Waals surface area contributed by atoms with Gasteiger partial charge in [0.1, 0.15) is 0 Å². The number of aryl methyl sites for hydroxylation is 3. The Hall–Kier alpha value is -3.50. The Labute approximate surface area is 193 Å². The van der Waals surface area contributed by atoms with Gasteiger partial charge in [-0.2, -0.15) is 5.10 Å². The zero-order chi connectivity index (χ0) is 22.2. The summed E-state index contributed by atoms with van der Waals surface area (Å²) < 4.78 is 2.03. The lowest BCUT2D eigenvalue weighted by Crippen LogP contribution is -1.99. The zero-order valence-electron chi connectivity index (χ0n) is 18.8. The third-order valence-electron chi connectivity index (χ3n) is 5.79. The Kier molecular flexibility index (Phi) is 5.24. The third kappa shape index (κ3) is 3.67. The van der Waals surface area contributed by atoms with E-state index in [1.165, 1.54) is 16.0 Å². The van der Waals surface area contributed by atoms with E-state index in [0.717, 1.165) is 44.5 Å². The molecular formula is C28H25N3S. The average Bonchev–Trinajstić information content (AvgIpc) is 3.36. The minimum Gasteiger partial charge on any atom is -0.218 e. The van der Waals surface area contributed by atoms with Crippen molar-refractivity contribution >= 4 is 11.3 Å². The fourth-order valence-electron chi connectivity index (χ4n) is 4.01. The molecule has 3 aromatic carbocycles. The van der Waals surface area contributed by atoms with Crippen LogP contribution in [-0.2, 0) is 0 Å². The third-order valence-corrected chi connectivity index (χ3v) is 6.73. The molecule has 0 unspecified atom stereocenters. The van der Waals surface area contributed by atoms with E-state index in [1.807, 2.05) is 10.7 Å². The predicted octanol–water partition coefficient (Wildman–Crippen LogP) is 7.56. The number of nitrogens with zero attached hydrogens (tertiary/aromatic N) is 3. The summed E-state index contributed by atoms with van der Waals surface area (Å²) in [6.07, 6.45) is 0. The monoisotopic (exact) mass is 435 g/mol. The van der Waals surface area contributed by atoms with Crippen LogP contribution in [0.25, 0.3) is 38.9 Å². The van der Waals surface area contributed by atoms with E-state index in [-0.39, 0.29) is 0 Å². The molecule has 2 aromatic heterocycles. The van der Waals surface area contributed by atoms with Gasteiger partial charge in [-0.25, -0.2) is 9.67 Å². The van der Waals surface area contributed by atoms with E-state index in [1.54, 1.807) is 11.3 Å². The topological polar surface area (TPSA) is 30.7 Å². The van der Waals surface area contributed by atoms with Gasteiger partial charge in [0.25, 0.3) is 0 Å². The first-order chi connectivity index (χ1) is 15.5. The quantitative estimate of drug-likeness (QED) is 0.291. The number of hydrogen-bond donors (Lipinski definition) is 0. The van der Waals surface area contributed by atoms with Crippen molar-refractivity contribution in [2.75, 3.05) is 0 Å². The van der Waals surface area contributed by atoms with E-state index in [2.05, 4.69) is 100 Å². The zero-order valence-corrected chi connectivity index (χ0v) is 19.6. The summed E-state index contributed by atoms with van der Waals surface area (Å²) >= 11 is 1.68. The van der Waals surface area contributed by atoms with Crippen molar-refractivity contribution < 1.29 is 0 Å². The summed E-state index contributed by atoms with van der Waals surface area (Å²) in [5, 5.41) is 5.98. The second kappa shape index (κ2) is 8.21. The van der Waals surface area contributed by atoms with Crippen molar-refractivity contribution in [2.45, 2.75) is 27.7 Å². The number of rotatable bonds is 4. The highest BCUT2D eigenvalue weighted by Crippen LogP contribution is 2.37. The van der Waals surface area contributed by atoms with Crippen molar-refractivity contribution in [1.29, 1.82) is 0 Å². The van der Waals surface area contributed by atoms with E-state index in [0.29, 0.717) is 0 Å². The molecule has 32 heavy (non-hydrogen) atoms.